The SMILES string of the molecule is CCC(NC(=O)c1cnc(-c2csc(C)n2)[nH]c1=O)c1ccnn1C. The van der Waals surface area contributed by atoms with E-state index >= 15 is 0 Å². The van der Waals surface area contributed by atoms with Crippen LogP contribution in [0.4, 0.5) is 0 Å². The summed E-state index contributed by atoms with van der Waals surface area (Å²) in [5.41, 5.74) is 0.937. The summed E-state index contributed by atoms with van der Waals surface area (Å²) < 4.78 is 1.70. The second kappa shape index (κ2) is 6.98. The van der Waals surface area contributed by atoms with Crippen LogP contribution < -0.4 is 10.9 Å². The lowest BCUT2D eigenvalue weighted by atomic mass is 10.1. The van der Waals surface area contributed by atoms with Gasteiger partial charge in [-0.05, 0) is 19.4 Å². The van der Waals surface area contributed by atoms with Crippen LogP contribution in [-0.4, -0.2) is 30.6 Å². The molecule has 1 amide bonds. The van der Waals surface area contributed by atoms with Gasteiger partial charge in [0.05, 0.1) is 16.7 Å². The number of amides is 1. The predicted octanol–water partition coefficient (Wildman–Crippen LogP) is 1.82. The van der Waals surface area contributed by atoms with Gasteiger partial charge in [-0.25, -0.2) is 9.97 Å². The monoisotopic (exact) mass is 358 g/mol. The van der Waals surface area contributed by atoms with E-state index in [0.29, 0.717) is 17.9 Å². The Labute approximate surface area is 148 Å². The third kappa shape index (κ3) is 3.50. The Balaban J connectivity index is 1.82. The number of aryl methyl sites for hydroxylation is 2. The van der Waals surface area contributed by atoms with E-state index in [1.165, 1.54) is 17.5 Å². The van der Waals surface area contributed by atoms with Crippen LogP contribution in [0.5, 0.6) is 0 Å². The maximum atomic E-state index is 12.5. The third-order valence-corrected chi connectivity index (χ3v) is 4.61. The molecular formula is C16H18N6O2S. The summed E-state index contributed by atoms with van der Waals surface area (Å²) in [4.78, 5) is 35.8. The largest absolute Gasteiger partial charge is 0.343 e. The molecule has 1 unspecified atom stereocenters. The van der Waals surface area contributed by atoms with Crippen LogP contribution in [0.1, 0.15) is 40.4 Å². The Bertz CT molecular complexity index is 957. The molecule has 0 radical (unpaired) electrons. The third-order valence-electron chi connectivity index (χ3n) is 3.83. The van der Waals surface area contributed by atoms with Gasteiger partial charge in [-0.3, -0.25) is 14.3 Å². The quantitative estimate of drug-likeness (QED) is 0.724. The van der Waals surface area contributed by atoms with Crippen molar-refractivity contribution in [2.24, 2.45) is 7.05 Å². The van der Waals surface area contributed by atoms with Crippen LogP contribution >= 0.6 is 11.3 Å². The first-order chi connectivity index (χ1) is 12.0. The summed E-state index contributed by atoms with van der Waals surface area (Å²) >= 11 is 1.47. The van der Waals surface area contributed by atoms with Crippen molar-refractivity contribution in [2.45, 2.75) is 26.3 Å². The fraction of sp³-hybridized carbons (Fsp3) is 0.312. The van der Waals surface area contributed by atoms with Gasteiger partial charge in [0, 0.05) is 24.8 Å². The molecule has 1 atom stereocenters. The molecule has 0 aromatic carbocycles. The highest BCUT2D eigenvalue weighted by atomic mass is 32.1. The minimum Gasteiger partial charge on any atom is -0.343 e. The molecule has 9 heteroatoms. The van der Waals surface area contributed by atoms with E-state index in [-0.39, 0.29) is 11.6 Å². The summed E-state index contributed by atoms with van der Waals surface area (Å²) in [6, 6.07) is 1.60. The molecule has 3 aromatic heterocycles. The Kier molecular flexibility index (Phi) is 4.75. The lowest BCUT2D eigenvalue weighted by Gasteiger charge is -2.17. The van der Waals surface area contributed by atoms with E-state index in [2.05, 4.69) is 25.4 Å². The highest BCUT2D eigenvalue weighted by molar-refractivity contribution is 7.09. The Hall–Kier alpha value is -2.81. The molecule has 0 aliphatic rings. The molecule has 8 nitrogen and oxygen atoms in total. The van der Waals surface area contributed by atoms with E-state index in [0.717, 1.165) is 10.7 Å². The molecule has 130 valence electrons. The minimum atomic E-state index is -0.493. The van der Waals surface area contributed by atoms with E-state index in [4.69, 9.17) is 0 Å². The average molecular weight is 358 g/mol. The Morgan fingerprint density at radius 2 is 2.28 bits per heavy atom. The van der Waals surface area contributed by atoms with Gasteiger partial charge in [-0.15, -0.1) is 11.3 Å². The zero-order valence-electron chi connectivity index (χ0n) is 14.1. The number of hydrogen-bond acceptors (Lipinski definition) is 6. The number of rotatable bonds is 5. The summed E-state index contributed by atoms with van der Waals surface area (Å²) in [6.45, 7) is 3.82. The van der Waals surface area contributed by atoms with Gasteiger partial charge >= 0.3 is 0 Å². The minimum absolute atomic E-state index is 0.0312. The van der Waals surface area contributed by atoms with Crippen molar-refractivity contribution in [3.8, 4) is 11.5 Å². The van der Waals surface area contributed by atoms with Gasteiger partial charge in [0.15, 0.2) is 5.82 Å². The first-order valence-electron chi connectivity index (χ1n) is 7.80. The van der Waals surface area contributed by atoms with Crippen LogP contribution in [0, 0.1) is 6.92 Å². The molecule has 0 saturated heterocycles. The van der Waals surface area contributed by atoms with Gasteiger partial charge in [0.25, 0.3) is 11.5 Å². The maximum absolute atomic E-state index is 12.5. The number of aromatic amines is 1. The number of hydrogen-bond donors (Lipinski definition) is 2. The number of nitrogens with one attached hydrogen (secondary N) is 2. The van der Waals surface area contributed by atoms with Crippen LogP contribution in [0.15, 0.2) is 28.6 Å². The van der Waals surface area contributed by atoms with E-state index in [1.807, 2.05) is 32.3 Å². The lowest BCUT2D eigenvalue weighted by molar-refractivity contribution is 0.0932. The summed E-state index contributed by atoms with van der Waals surface area (Å²) in [5.74, 6) is -0.118. The van der Waals surface area contributed by atoms with Crippen molar-refractivity contribution in [1.82, 2.24) is 30.0 Å². The second-order valence-electron chi connectivity index (χ2n) is 5.54. The molecule has 2 N–H and O–H groups in total. The standard InChI is InChI=1S/C16H18N6O2S/c1-4-11(13-5-6-18-22(13)3)20-15(23)10-7-17-14(21-16(10)24)12-8-25-9(2)19-12/h5-8,11H,4H2,1-3H3,(H,20,23)(H,17,21,24). The second-order valence-corrected chi connectivity index (χ2v) is 6.60. The van der Waals surface area contributed by atoms with Crippen molar-refractivity contribution in [3.63, 3.8) is 0 Å². The van der Waals surface area contributed by atoms with Gasteiger partial charge in [0.1, 0.15) is 11.3 Å². The number of carbonyl (C=O) groups is 1. The summed E-state index contributed by atoms with van der Waals surface area (Å²) in [6.07, 6.45) is 3.63. The highest BCUT2D eigenvalue weighted by Gasteiger charge is 2.19. The van der Waals surface area contributed by atoms with Crippen LogP contribution in [0.2, 0.25) is 0 Å². The number of thiazole rings is 1. The van der Waals surface area contributed by atoms with Crippen LogP contribution in [0.25, 0.3) is 11.5 Å². The van der Waals surface area contributed by atoms with Crippen molar-refractivity contribution in [3.05, 3.63) is 50.5 Å². The molecule has 0 fully saturated rings. The zero-order valence-corrected chi connectivity index (χ0v) is 14.9. The molecule has 0 bridgehead atoms. The zero-order chi connectivity index (χ0) is 18.0. The highest BCUT2D eigenvalue weighted by Crippen LogP contribution is 2.17. The predicted molar refractivity (Wildman–Crippen MR) is 94.4 cm³/mol. The van der Waals surface area contributed by atoms with E-state index < -0.39 is 11.5 Å². The van der Waals surface area contributed by atoms with Gasteiger partial charge in [0.2, 0.25) is 0 Å². The number of nitrogens with zero attached hydrogens (tertiary/aromatic N) is 4. The van der Waals surface area contributed by atoms with Crippen LogP contribution in [-0.2, 0) is 7.05 Å². The molecule has 0 aliphatic carbocycles. The summed E-state index contributed by atoms with van der Waals surface area (Å²) in [7, 11) is 1.81. The number of aromatic nitrogens is 5. The number of carbonyl (C=O) groups excluding carboxylic acids is 1. The van der Waals surface area contributed by atoms with Crippen molar-refractivity contribution in [1.29, 1.82) is 0 Å². The first-order valence-corrected chi connectivity index (χ1v) is 8.68. The van der Waals surface area contributed by atoms with Gasteiger partial charge < -0.3 is 10.3 Å². The fourth-order valence-corrected chi connectivity index (χ4v) is 3.10. The van der Waals surface area contributed by atoms with Crippen molar-refractivity contribution >= 4 is 17.2 Å². The van der Waals surface area contributed by atoms with Crippen molar-refractivity contribution < 1.29 is 4.79 Å². The molecule has 3 heterocycles. The topological polar surface area (TPSA) is 106 Å². The first kappa shape index (κ1) is 17.0. The molecular weight excluding hydrogens is 340 g/mol. The van der Waals surface area contributed by atoms with Crippen molar-refractivity contribution in [2.75, 3.05) is 0 Å². The van der Waals surface area contributed by atoms with Gasteiger partial charge in [-0.1, -0.05) is 6.92 Å². The Morgan fingerprint density at radius 1 is 1.48 bits per heavy atom. The van der Waals surface area contributed by atoms with E-state index in [1.54, 1.807) is 10.9 Å². The molecule has 25 heavy (non-hydrogen) atoms. The summed E-state index contributed by atoms with van der Waals surface area (Å²) in [5, 5.41) is 9.65. The molecule has 0 spiro atoms. The number of H-pyrrole nitrogens is 1. The molecule has 3 rings (SSSR count). The van der Waals surface area contributed by atoms with Gasteiger partial charge in [-0.2, -0.15) is 5.10 Å². The Morgan fingerprint density at radius 3 is 2.84 bits per heavy atom. The normalized spacial score (nSPS) is 12.1. The average Bonchev–Trinajstić information content (AvgIpc) is 3.21. The fourth-order valence-electron chi connectivity index (χ4n) is 2.51. The molecule has 3 aromatic rings. The molecule has 0 saturated carbocycles. The smallest absolute Gasteiger partial charge is 0.264 e. The lowest BCUT2D eigenvalue weighted by Crippen LogP contribution is -2.33. The maximum Gasteiger partial charge on any atom is 0.264 e. The van der Waals surface area contributed by atoms with Crippen LogP contribution in [0.3, 0.4) is 0 Å². The van der Waals surface area contributed by atoms with E-state index in [9.17, 15) is 9.59 Å². The molecule has 0 aliphatic heterocycles.